The van der Waals surface area contributed by atoms with E-state index in [0.29, 0.717) is 13.0 Å². The standard InChI is InChI=1S/C16H22N4O2S/c1-20-14(10-18-16(20)23-2)9-17-15(22)19-13(11-21)8-12-6-4-3-5-7-12/h3-7,10,13,21H,8-9,11H2,1-2H3,(H2,17,19,22)/t13-/m0/s1. The van der Waals surface area contributed by atoms with E-state index >= 15 is 0 Å². The molecule has 1 aromatic heterocycles. The number of hydrogen-bond acceptors (Lipinski definition) is 4. The lowest BCUT2D eigenvalue weighted by Crippen LogP contribution is -2.44. The Labute approximate surface area is 140 Å². The summed E-state index contributed by atoms with van der Waals surface area (Å²) in [5.74, 6) is 0. The Morgan fingerprint density at radius 2 is 2.13 bits per heavy atom. The van der Waals surface area contributed by atoms with E-state index in [9.17, 15) is 9.90 Å². The van der Waals surface area contributed by atoms with Gasteiger partial charge in [-0.2, -0.15) is 0 Å². The molecule has 0 aliphatic heterocycles. The van der Waals surface area contributed by atoms with Crippen LogP contribution in [0, 0.1) is 0 Å². The number of urea groups is 1. The molecule has 0 bridgehead atoms. The molecule has 0 radical (unpaired) electrons. The number of aliphatic hydroxyl groups excluding tert-OH is 1. The lowest BCUT2D eigenvalue weighted by atomic mass is 10.1. The van der Waals surface area contributed by atoms with Gasteiger partial charge in [-0.3, -0.25) is 0 Å². The molecule has 0 aliphatic carbocycles. The summed E-state index contributed by atoms with van der Waals surface area (Å²) in [6, 6.07) is 9.15. The average molecular weight is 334 g/mol. The zero-order valence-corrected chi connectivity index (χ0v) is 14.1. The molecule has 3 N–H and O–H groups in total. The van der Waals surface area contributed by atoms with Crippen LogP contribution in [0.3, 0.4) is 0 Å². The molecule has 7 heteroatoms. The molecule has 2 aromatic rings. The van der Waals surface area contributed by atoms with Gasteiger partial charge in [0.25, 0.3) is 0 Å². The third kappa shape index (κ3) is 5.01. The molecule has 0 saturated heterocycles. The van der Waals surface area contributed by atoms with Crippen molar-refractivity contribution in [3.05, 3.63) is 47.8 Å². The molecule has 2 rings (SSSR count). The van der Waals surface area contributed by atoms with Crippen molar-refractivity contribution in [1.82, 2.24) is 20.2 Å². The number of imidazole rings is 1. The van der Waals surface area contributed by atoms with E-state index in [4.69, 9.17) is 0 Å². The highest BCUT2D eigenvalue weighted by Gasteiger charge is 2.13. The first-order valence-corrected chi connectivity index (χ1v) is 8.60. The van der Waals surface area contributed by atoms with Crippen molar-refractivity contribution in [3.8, 4) is 0 Å². The first-order valence-electron chi connectivity index (χ1n) is 7.37. The summed E-state index contributed by atoms with van der Waals surface area (Å²) in [5, 5.41) is 15.9. The van der Waals surface area contributed by atoms with Crippen molar-refractivity contribution < 1.29 is 9.90 Å². The lowest BCUT2D eigenvalue weighted by molar-refractivity contribution is 0.215. The van der Waals surface area contributed by atoms with Gasteiger partial charge in [0, 0.05) is 7.05 Å². The summed E-state index contributed by atoms with van der Waals surface area (Å²) < 4.78 is 1.94. The quantitative estimate of drug-likeness (QED) is 0.671. The molecule has 124 valence electrons. The zero-order valence-electron chi connectivity index (χ0n) is 13.3. The topological polar surface area (TPSA) is 79.2 Å². The second kappa shape index (κ2) is 8.59. The van der Waals surface area contributed by atoms with Gasteiger partial charge in [0.05, 0.1) is 31.1 Å². The molecule has 0 fully saturated rings. The number of aliphatic hydroxyl groups is 1. The van der Waals surface area contributed by atoms with Gasteiger partial charge in [0.1, 0.15) is 0 Å². The normalized spacial score (nSPS) is 12.0. The third-order valence-corrected chi connectivity index (χ3v) is 4.28. The monoisotopic (exact) mass is 334 g/mol. The molecule has 2 amide bonds. The molecule has 1 aromatic carbocycles. The van der Waals surface area contributed by atoms with E-state index in [1.54, 1.807) is 18.0 Å². The Morgan fingerprint density at radius 1 is 1.39 bits per heavy atom. The Morgan fingerprint density at radius 3 is 2.74 bits per heavy atom. The van der Waals surface area contributed by atoms with Crippen molar-refractivity contribution >= 4 is 17.8 Å². The van der Waals surface area contributed by atoms with Gasteiger partial charge >= 0.3 is 6.03 Å². The maximum Gasteiger partial charge on any atom is 0.315 e. The number of nitrogens with one attached hydrogen (secondary N) is 2. The Kier molecular flexibility index (Phi) is 6.49. The van der Waals surface area contributed by atoms with Gasteiger partial charge < -0.3 is 20.3 Å². The number of benzene rings is 1. The maximum absolute atomic E-state index is 12.0. The molecule has 1 heterocycles. The van der Waals surface area contributed by atoms with Crippen LogP contribution in [0.15, 0.2) is 41.7 Å². The van der Waals surface area contributed by atoms with Crippen LogP contribution < -0.4 is 10.6 Å². The minimum absolute atomic E-state index is 0.107. The molecule has 0 unspecified atom stereocenters. The first kappa shape index (κ1) is 17.4. The van der Waals surface area contributed by atoms with E-state index in [-0.39, 0.29) is 18.7 Å². The number of aromatic nitrogens is 2. The molecule has 6 nitrogen and oxygen atoms in total. The van der Waals surface area contributed by atoms with E-state index in [0.717, 1.165) is 16.4 Å². The fourth-order valence-corrected chi connectivity index (χ4v) is 2.80. The fourth-order valence-electron chi connectivity index (χ4n) is 2.25. The average Bonchev–Trinajstić information content (AvgIpc) is 2.93. The van der Waals surface area contributed by atoms with Crippen LogP contribution in [0.25, 0.3) is 0 Å². The first-order chi connectivity index (χ1) is 11.1. The van der Waals surface area contributed by atoms with Crippen LogP contribution in [-0.4, -0.2) is 39.6 Å². The Bertz CT molecular complexity index is 630. The van der Waals surface area contributed by atoms with E-state index in [2.05, 4.69) is 15.6 Å². The number of carbonyl (C=O) groups excluding carboxylic acids is 1. The van der Waals surface area contributed by atoms with Crippen LogP contribution in [0.5, 0.6) is 0 Å². The van der Waals surface area contributed by atoms with Crippen LogP contribution in [0.2, 0.25) is 0 Å². The Balaban J connectivity index is 1.84. The van der Waals surface area contributed by atoms with Crippen molar-refractivity contribution in [2.45, 2.75) is 24.2 Å². The largest absolute Gasteiger partial charge is 0.394 e. The highest BCUT2D eigenvalue weighted by molar-refractivity contribution is 7.98. The summed E-state index contributed by atoms with van der Waals surface area (Å²) >= 11 is 1.56. The maximum atomic E-state index is 12.0. The van der Waals surface area contributed by atoms with E-state index < -0.39 is 0 Å². The molecular weight excluding hydrogens is 312 g/mol. The van der Waals surface area contributed by atoms with Gasteiger partial charge in [0.15, 0.2) is 5.16 Å². The SMILES string of the molecule is CSc1ncc(CNC(=O)N[C@H](CO)Cc2ccccc2)n1C. The molecule has 1 atom stereocenters. The van der Waals surface area contributed by atoms with Gasteiger partial charge in [-0.25, -0.2) is 9.78 Å². The van der Waals surface area contributed by atoms with Gasteiger partial charge in [-0.1, -0.05) is 42.1 Å². The summed E-state index contributed by atoms with van der Waals surface area (Å²) in [4.78, 5) is 16.3. The van der Waals surface area contributed by atoms with Crippen LogP contribution in [-0.2, 0) is 20.0 Å². The van der Waals surface area contributed by atoms with Crippen LogP contribution in [0.1, 0.15) is 11.3 Å². The molecule has 0 aliphatic rings. The summed E-state index contributed by atoms with van der Waals surface area (Å²) in [5.41, 5.74) is 2.00. The minimum Gasteiger partial charge on any atom is -0.394 e. The highest BCUT2D eigenvalue weighted by atomic mass is 32.2. The number of carbonyl (C=O) groups is 1. The van der Waals surface area contributed by atoms with Gasteiger partial charge in [-0.05, 0) is 18.2 Å². The van der Waals surface area contributed by atoms with Crippen LogP contribution in [0.4, 0.5) is 4.79 Å². The number of amides is 2. The lowest BCUT2D eigenvalue weighted by Gasteiger charge is -2.17. The van der Waals surface area contributed by atoms with Crippen LogP contribution >= 0.6 is 11.8 Å². The molecule has 0 spiro atoms. The summed E-state index contributed by atoms with van der Waals surface area (Å²) in [6.45, 7) is 0.282. The Hall–Kier alpha value is -1.99. The number of thioether (sulfide) groups is 1. The second-order valence-electron chi connectivity index (χ2n) is 5.19. The predicted molar refractivity (Wildman–Crippen MR) is 91.4 cm³/mol. The zero-order chi connectivity index (χ0) is 16.7. The molecule has 23 heavy (non-hydrogen) atoms. The predicted octanol–water partition coefficient (Wildman–Crippen LogP) is 1.54. The van der Waals surface area contributed by atoms with Gasteiger partial charge in [0.2, 0.25) is 0 Å². The number of rotatable bonds is 7. The molecule has 0 saturated carbocycles. The number of nitrogens with zero attached hydrogens (tertiary/aromatic N) is 2. The second-order valence-corrected chi connectivity index (χ2v) is 5.96. The van der Waals surface area contributed by atoms with Crippen molar-refractivity contribution in [3.63, 3.8) is 0 Å². The van der Waals surface area contributed by atoms with Gasteiger partial charge in [-0.15, -0.1) is 0 Å². The van der Waals surface area contributed by atoms with Crippen molar-refractivity contribution in [2.75, 3.05) is 12.9 Å². The van der Waals surface area contributed by atoms with E-state index in [1.807, 2.05) is 48.2 Å². The summed E-state index contributed by atoms with van der Waals surface area (Å²) in [6.07, 6.45) is 4.30. The molecular formula is C16H22N4O2S. The van der Waals surface area contributed by atoms with E-state index in [1.165, 1.54) is 0 Å². The number of hydrogen-bond donors (Lipinski definition) is 3. The van der Waals surface area contributed by atoms with Crippen molar-refractivity contribution in [2.24, 2.45) is 7.05 Å². The summed E-state index contributed by atoms with van der Waals surface area (Å²) in [7, 11) is 1.92. The minimum atomic E-state index is -0.314. The smallest absolute Gasteiger partial charge is 0.315 e. The third-order valence-electron chi connectivity index (χ3n) is 3.53. The highest BCUT2D eigenvalue weighted by Crippen LogP contribution is 2.13. The van der Waals surface area contributed by atoms with Crippen molar-refractivity contribution in [1.29, 1.82) is 0 Å². The fraction of sp³-hybridized carbons (Fsp3) is 0.375.